The van der Waals surface area contributed by atoms with E-state index in [1.54, 1.807) is 11.3 Å². The first-order chi connectivity index (χ1) is 8.68. The third-order valence-corrected chi connectivity index (χ3v) is 3.64. The average Bonchev–Trinajstić information content (AvgIpc) is 2.85. The number of hydrogen-bond acceptors (Lipinski definition) is 4. The Morgan fingerprint density at radius 2 is 2.39 bits per heavy atom. The molecule has 0 aliphatic heterocycles. The summed E-state index contributed by atoms with van der Waals surface area (Å²) in [6.45, 7) is 3.73. The van der Waals surface area contributed by atoms with Crippen LogP contribution in [0.2, 0.25) is 0 Å². The van der Waals surface area contributed by atoms with E-state index in [2.05, 4.69) is 14.7 Å². The molecule has 5 nitrogen and oxygen atoms in total. The van der Waals surface area contributed by atoms with E-state index in [0.29, 0.717) is 6.42 Å². The fraction of sp³-hybridized carbons (Fsp3) is 0.500. The molecule has 0 aromatic carbocycles. The maximum Gasteiger partial charge on any atom is 0.217 e. The third-order valence-electron chi connectivity index (χ3n) is 2.88. The number of nitrogens with two attached hydrogens (primary N) is 1. The standard InChI is InChI=1S/C12H18N4OS/c1-9-10(16-6-7-18-12(16)15-9)8-14-5-3-2-4-11(13)17/h6-7,14H,2-5,8H2,1H3,(H2,13,17). The first-order valence-corrected chi connectivity index (χ1v) is 6.96. The lowest BCUT2D eigenvalue weighted by atomic mass is 10.2. The molecule has 2 aromatic heterocycles. The molecular formula is C12H18N4OS. The quantitative estimate of drug-likeness (QED) is 0.745. The van der Waals surface area contributed by atoms with Crippen LogP contribution in [-0.2, 0) is 11.3 Å². The number of fused-ring (bicyclic) bond motifs is 1. The SMILES string of the molecule is Cc1nc2sccn2c1CNCCCCC(N)=O. The molecule has 0 saturated carbocycles. The maximum atomic E-state index is 10.6. The van der Waals surface area contributed by atoms with Gasteiger partial charge < -0.3 is 11.1 Å². The summed E-state index contributed by atoms with van der Waals surface area (Å²) in [7, 11) is 0. The number of aryl methyl sites for hydroxylation is 1. The van der Waals surface area contributed by atoms with Gasteiger partial charge >= 0.3 is 0 Å². The first-order valence-electron chi connectivity index (χ1n) is 6.08. The average molecular weight is 266 g/mol. The molecule has 98 valence electrons. The highest BCUT2D eigenvalue weighted by molar-refractivity contribution is 7.15. The molecule has 2 heterocycles. The smallest absolute Gasteiger partial charge is 0.217 e. The Morgan fingerprint density at radius 3 is 3.17 bits per heavy atom. The van der Waals surface area contributed by atoms with Crippen LogP contribution in [-0.4, -0.2) is 21.8 Å². The molecule has 0 atom stereocenters. The van der Waals surface area contributed by atoms with Crippen LogP contribution in [0, 0.1) is 6.92 Å². The topological polar surface area (TPSA) is 72.4 Å². The van der Waals surface area contributed by atoms with Gasteiger partial charge in [-0.15, -0.1) is 11.3 Å². The summed E-state index contributed by atoms with van der Waals surface area (Å²) in [6, 6.07) is 0. The second-order valence-electron chi connectivity index (χ2n) is 4.30. The summed E-state index contributed by atoms with van der Waals surface area (Å²) in [5.74, 6) is -0.221. The van der Waals surface area contributed by atoms with Gasteiger partial charge in [0.2, 0.25) is 5.91 Å². The van der Waals surface area contributed by atoms with Gasteiger partial charge in [0.05, 0.1) is 11.4 Å². The normalized spacial score (nSPS) is 11.2. The molecule has 6 heteroatoms. The Morgan fingerprint density at radius 1 is 1.56 bits per heavy atom. The fourth-order valence-electron chi connectivity index (χ4n) is 1.91. The highest BCUT2D eigenvalue weighted by Crippen LogP contribution is 2.16. The minimum Gasteiger partial charge on any atom is -0.370 e. The first kappa shape index (κ1) is 13.0. The summed E-state index contributed by atoms with van der Waals surface area (Å²) >= 11 is 1.65. The number of nitrogens with one attached hydrogen (secondary N) is 1. The minimum absolute atomic E-state index is 0.221. The van der Waals surface area contributed by atoms with E-state index in [4.69, 9.17) is 5.73 Å². The predicted molar refractivity (Wildman–Crippen MR) is 72.6 cm³/mol. The van der Waals surface area contributed by atoms with Crippen LogP contribution in [0.3, 0.4) is 0 Å². The molecular weight excluding hydrogens is 248 g/mol. The Bertz CT molecular complexity index is 531. The summed E-state index contributed by atoms with van der Waals surface area (Å²) < 4.78 is 2.12. The van der Waals surface area contributed by atoms with Gasteiger partial charge in [-0.2, -0.15) is 0 Å². The second kappa shape index (κ2) is 5.97. The number of primary amides is 1. The molecule has 0 radical (unpaired) electrons. The third kappa shape index (κ3) is 3.08. The van der Waals surface area contributed by atoms with Gasteiger partial charge in [0, 0.05) is 24.5 Å². The molecule has 0 bridgehead atoms. The van der Waals surface area contributed by atoms with Gasteiger partial charge in [-0.25, -0.2) is 4.98 Å². The van der Waals surface area contributed by atoms with Crippen LogP contribution in [0.1, 0.15) is 30.7 Å². The van der Waals surface area contributed by atoms with Crippen molar-refractivity contribution in [1.82, 2.24) is 14.7 Å². The fourth-order valence-corrected chi connectivity index (χ4v) is 2.69. The largest absolute Gasteiger partial charge is 0.370 e. The van der Waals surface area contributed by atoms with Crippen molar-refractivity contribution in [3.63, 3.8) is 0 Å². The van der Waals surface area contributed by atoms with Crippen molar-refractivity contribution in [2.75, 3.05) is 6.54 Å². The molecule has 0 unspecified atom stereocenters. The summed E-state index contributed by atoms with van der Waals surface area (Å²) in [5.41, 5.74) is 7.37. The van der Waals surface area contributed by atoms with Crippen LogP contribution < -0.4 is 11.1 Å². The van der Waals surface area contributed by atoms with Crippen molar-refractivity contribution in [3.8, 4) is 0 Å². The Balaban J connectivity index is 1.78. The molecule has 3 N–H and O–H groups in total. The van der Waals surface area contributed by atoms with Gasteiger partial charge in [0.25, 0.3) is 0 Å². The van der Waals surface area contributed by atoms with Crippen LogP contribution in [0.25, 0.3) is 4.96 Å². The number of hydrogen-bond donors (Lipinski definition) is 2. The molecule has 0 fully saturated rings. The van der Waals surface area contributed by atoms with E-state index in [-0.39, 0.29) is 5.91 Å². The van der Waals surface area contributed by atoms with Crippen molar-refractivity contribution < 1.29 is 4.79 Å². The number of carbonyl (C=O) groups excluding carboxylic acids is 1. The highest BCUT2D eigenvalue weighted by atomic mass is 32.1. The Kier molecular flexibility index (Phi) is 4.33. The maximum absolute atomic E-state index is 10.6. The lowest BCUT2D eigenvalue weighted by Crippen LogP contribution is -2.17. The number of nitrogens with zero attached hydrogens (tertiary/aromatic N) is 2. The molecule has 0 aliphatic rings. The van der Waals surface area contributed by atoms with Crippen LogP contribution in [0.4, 0.5) is 0 Å². The highest BCUT2D eigenvalue weighted by Gasteiger charge is 2.08. The van der Waals surface area contributed by atoms with Crippen LogP contribution >= 0.6 is 11.3 Å². The monoisotopic (exact) mass is 266 g/mol. The number of rotatable bonds is 7. The summed E-state index contributed by atoms with van der Waals surface area (Å²) in [5, 5.41) is 5.42. The van der Waals surface area contributed by atoms with Crippen molar-refractivity contribution in [3.05, 3.63) is 23.0 Å². The number of aromatic nitrogens is 2. The van der Waals surface area contributed by atoms with Crippen molar-refractivity contribution in [2.24, 2.45) is 5.73 Å². The molecule has 2 aromatic rings. The zero-order valence-electron chi connectivity index (χ0n) is 10.5. The number of amides is 1. The van der Waals surface area contributed by atoms with Gasteiger partial charge in [-0.1, -0.05) is 0 Å². The van der Waals surface area contributed by atoms with Crippen molar-refractivity contribution >= 4 is 22.2 Å². The molecule has 0 saturated heterocycles. The predicted octanol–water partition coefficient (Wildman–Crippen LogP) is 1.45. The van der Waals surface area contributed by atoms with E-state index in [1.807, 2.05) is 18.5 Å². The summed E-state index contributed by atoms with van der Waals surface area (Å²) in [4.78, 5) is 16.1. The molecule has 18 heavy (non-hydrogen) atoms. The van der Waals surface area contributed by atoms with Crippen LogP contribution in [0.15, 0.2) is 11.6 Å². The molecule has 0 spiro atoms. The Labute approximate surface area is 110 Å². The Hall–Kier alpha value is -1.40. The van der Waals surface area contributed by atoms with Crippen molar-refractivity contribution in [2.45, 2.75) is 32.7 Å². The van der Waals surface area contributed by atoms with E-state index < -0.39 is 0 Å². The number of unbranched alkanes of at least 4 members (excludes halogenated alkanes) is 1. The number of carbonyl (C=O) groups is 1. The molecule has 1 amide bonds. The zero-order chi connectivity index (χ0) is 13.0. The molecule has 0 aliphatic carbocycles. The van der Waals surface area contributed by atoms with Gasteiger partial charge in [-0.05, 0) is 26.3 Å². The number of imidazole rings is 1. The van der Waals surface area contributed by atoms with Crippen LogP contribution in [0.5, 0.6) is 0 Å². The van der Waals surface area contributed by atoms with Gasteiger partial charge in [0.1, 0.15) is 0 Å². The number of thiazole rings is 1. The lowest BCUT2D eigenvalue weighted by molar-refractivity contribution is -0.118. The summed E-state index contributed by atoms with van der Waals surface area (Å²) in [6.07, 6.45) is 4.33. The van der Waals surface area contributed by atoms with E-state index in [9.17, 15) is 4.79 Å². The second-order valence-corrected chi connectivity index (χ2v) is 5.17. The lowest BCUT2D eigenvalue weighted by Gasteiger charge is -2.04. The van der Waals surface area contributed by atoms with E-state index in [0.717, 1.165) is 36.6 Å². The minimum atomic E-state index is -0.221. The zero-order valence-corrected chi connectivity index (χ0v) is 11.3. The van der Waals surface area contributed by atoms with E-state index >= 15 is 0 Å². The van der Waals surface area contributed by atoms with Gasteiger partial charge in [0.15, 0.2) is 4.96 Å². The molecule has 2 rings (SSSR count). The van der Waals surface area contributed by atoms with Gasteiger partial charge in [-0.3, -0.25) is 9.20 Å². The van der Waals surface area contributed by atoms with E-state index in [1.165, 1.54) is 5.69 Å². The van der Waals surface area contributed by atoms with Crippen molar-refractivity contribution in [1.29, 1.82) is 0 Å².